The Morgan fingerprint density at radius 3 is 2.95 bits per heavy atom. The zero-order valence-electron chi connectivity index (χ0n) is 11.2. The number of amides is 2. The third-order valence-corrected chi connectivity index (χ3v) is 3.19. The van der Waals surface area contributed by atoms with E-state index in [0.717, 1.165) is 5.56 Å². The fraction of sp³-hybridized carbons (Fsp3) is 0.200. The van der Waals surface area contributed by atoms with E-state index in [0.29, 0.717) is 30.9 Å². The highest BCUT2D eigenvalue weighted by Crippen LogP contribution is 2.16. The maximum Gasteiger partial charge on any atom is 0.410 e. The number of ether oxygens (including phenoxy) is 1. The van der Waals surface area contributed by atoms with Gasteiger partial charge in [0.2, 0.25) is 0 Å². The molecule has 2 heterocycles. The lowest BCUT2D eigenvalue weighted by Crippen LogP contribution is -2.23. The molecule has 1 fully saturated rings. The molecule has 1 saturated heterocycles. The van der Waals surface area contributed by atoms with Crippen LogP contribution in [0.25, 0.3) is 0 Å². The first-order valence-electron chi connectivity index (χ1n) is 6.56. The van der Waals surface area contributed by atoms with Crippen LogP contribution in [-0.4, -0.2) is 30.1 Å². The van der Waals surface area contributed by atoms with Gasteiger partial charge in [-0.15, -0.1) is 0 Å². The Bertz CT molecular complexity index is 651. The Labute approximate surface area is 121 Å². The SMILES string of the molecule is O=C(Nc1cccc(CN2CCOC2=O)c1)c1ccoc1. The standard InChI is InChI=1S/C15H14N2O4/c18-14(12-4-6-20-10-12)16-13-3-1-2-11(8-13)9-17-5-7-21-15(17)19/h1-4,6,8,10H,5,7,9H2,(H,16,18). The van der Waals surface area contributed by atoms with Gasteiger partial charge < -0.3 is 19.4 Å². The van der Waals surface area contributed by atoms with E-state index >= 15 is 0 Å². The second kappa shape index (κ2) is 5.70. The number of anilines is 1. The van der Waals surface area contributed by atoms with Gasteiger partial charge in [-0.2, -0.15) is 0 Å². The van der Waals surface area contributed by atoms with E-state index in [1.54, 1.807) is 17.0 Å². The Kier molecular flexibility index (Phi) is 3.59. The van der Waals surface area contributed by atoms with Crippen molar-refractivity contribution in [1.29, 1.82) is 0 Å². The summed E-state index contributed by atoms with van der Waals surface area (Å²) in [5.74, 6) is -0.235. The van der Waals surface area contributed by atoms with Gasteiger partial charge in [-0.1, -0.05) is 12.1 Å². The maximum atomic E-state index is 11.9. The molecule has 0 unspecified atom stereocenters. The number of carbonyl (C=O) groups excluding carboxylic acids is 2. The Hall–Kier alpha value is -2.76. The molecule has 6 nitrogen and oxygen atoms in total. The molecule has 0 bridgehead atoms. The number of nitrogens with one attached hydrogen (secondary N) is 1. The molecule has 1 aliphatic rings. The summed E-state index contributed by atoms with van der Waals surface area (Å²) in [5, 5.41) is 2.79. The Morgan fingerprint density at radius 2 is 2.24 bits per heavy atom. The van der Waals surface area contributed by atoms with Crippen molar-refractivity contribution in [1.82, 2.24) is 4.90 Å². The van der Waals surface area contributed by atoms with Gasteiger partial charge in [0.15, 0.2) is 0 Å². The molecule has 1 aromatic carbocycles. The number of nitrogens with zero attached hydrogens (tertiary/aromatic N) is 1. The summed E-state index contributed by atoms with van der Waals surface area (Å²) in [5.41, 5.74) is 2.06. The predicted molar refractivity (Wildman–Crippen MR) is 74.9 cm³/mol. The molecule has 3 rings (SSSR count). The highest BCUT2D eigenvalue weighted by molar-refractivity contribution is 6.04. The maximum absolute atomic E-state index is 11.9. The van der Waals surface area contributed by atoms with Crippen molar-refractivity contribution < 1.29 is 18.7 Å². The van der Waals surface area contributed by atoms with Gasteiger partial charge in [-0.3, -0.25) is 4.79 Å². The van der Waals surface area contributed by atoms with E-state index in [4.69, 9.17) is 9.15 Å². The van der Waals surface area contributed by atoms with Gasteiger partial charge in [0.05, 0.1) is 18.4 Å². The van der Waals surface area contributed by atoms with Crippen LogP contribution in [0.3, 0.4) is 0 Å². The van der Waals surface area contributed by atoms with Crippen molar-refractivity contribution in [3.8, 4) is 0 Å². The van der Waals surface area contributed by atoms with Gasteiger partial charge in [0.1, 0.15) is 12.9 Å². The van der Waals surface area contributed by atoms with E-state index in [-0.39, 0.29) is 12.0 Å². The molecule has 0 saturated carbocycles. The van der Waals surface area contributed by atoms with Gasteiger partial charge in [0, 0.05) is 12.2 Å². The predicted octanol–water partition coefficient (Wildman–Crippen LogP) is 2.48. The van der Waals surface area contributed by atoms with Crippen LogP contribution in [0.15, 0.2) is 47.3 Å². The number of hydrogen-bond acceptors (Lipinski definition) is 4. The van der Waals surface area contributed by atoms with Crippen molar-refractivity contribution in [2.24, 2.45) is 0 Å². The summed E-state index contributed by atoms with van der Waals surface area (Å²) in [6.07, 6.45) is 2.53. The molecule has 0 atom stereocenters. The Balaban J connectivity index is 1.68. The molecule has 1 N–H and O–H groups in total. The summed E-state index contributed by atoms with van der Waals surface area (Å²) >= 11 is 0. The van der Waals surface area contributed by atoms with Crippen LogP contribution in [-0.2, 0) is 11.3 Å². The van der Waals surface area contributed by atoms with Crippen LogP contribution in [0.1, 0.15) is 15.9 Å². The van der Waals surface area contributed by atoms with Crippen molar-refractivity contribution in [3.05, 3.63) is 54.0 Å². The molecule has 1 aromatic heterocycles. The first-order valence-corrected chi connectivity index (χ1v) is 6.56. The molecule has 0 aliphatic carbocycles. The fourth-order valence-electron chi connectivity index (χ4n) is 2.13. The summed E-state index contributed by atoms with van der Waals surface area (Å²) in [4.78, 5) is 25.0. The van der Waals surface area contributed by atoms with Crippen LogP contribution in [0, 0.1) is 0 Å². The fourth-order valence-corrected chi connectivity index (χ4v) is 2.13. The highest BCUT2D eigenvalue weighted by Gasteiger charge is 2.21. The van der Waals surface area contributed by atoms with E-state index in [9.17, 15) is 9.59 Å². The minimum Gasteiger partial charge on any atom is -0.472 e. The molecule has 1 aliphatic heterocycles. The van der Waals surface area contributed by atoms with Crippen molar-refractivity contribution >= 4 is 17.7 Å². The third-order valence-electron chi connectivity index (χ3n) is 3.19. The van der Waals surface area contributed by atoms with Gasteiger partial charge in [0.25, 0.3) is 5.91 Å². The van der Waals surface area contributed by atoms with Crippen molar-refractivity contribution in [2.45, 2.75) is 6.54 Å². The second-order valence-corrected chi connectivity index (χ2v) is 4.70. The normalized spacial score (nSPS) is 14.1. The lowest BCUT2D eigenvalue weighted by Gasteiger charge is -2.13. The lowest BCUT2D eigenvalue weighted by atomic mass is 10.2. The third kappa shape index (κ3) is 3.05. The van der Waals surface area contributed by atoms with Crippen LogP contribution in [0.5, 0.6) is 0 Å². The molecule has 2 aromatic rings. The second-order valence-electron chi connectivity index (χ2n) is 4.70. The minimum atomic E-state index is -0.303. The van der Waals surface area contributed by atoms with Crippen LogP contribution in [0.4, 0.5) is 10.5 Å². The van der Waals surface area contributed by atoms with Crippen molar-refractivity contribution in [3.63, 3.8) is 0 Å². The molecule has 108 valence electrons. The minimum absolute atomic E-state index is 0.235. The topological polar surface area (TPSA) is 71.8 Å². The van der Waals surface area contributed by atoms with Gasteiger partial charge in [-0.25, -0.2) is 4.79 Å². The first-order chi connectivity index (χ1) is 10.2. The van der Waals surface area contributed by atoms with E-state index in [1.165, 1.54) is 12.5 Å². The molecular weight excluding hydrogens is 272 g/mol. The first kappa shape index (κ1) is 13.2. The number of cyclic esters (lactones) is 1. The number of carbonyl (C=O) groups is 2. The number of benzene rings is 1. The molecule has 2 amide bonds. The number of furan rings is 1. The quantitative estimate of drug-likeness (QED) is 0.937. The summed E-state index contributed by atoms with van der Waals surface area (Å²) in [6.45, 7) is 1.48. The van der Waals surface area contributed by atoms with Crippen molar-refractivity contribution in [2.75, 3.05) is 18.5 Å². The van der Waals surface area contributed by atoms with E-state index in [1.807, 2.05) is 18.2 Å². The highest BCUT2D eigenvalue weighted by atomic mass is 16.6. The monoisotopic (exact) mass is 286 g/mol. The molecule has 6 heteroatoms. The molecule has 0 spiro atoms. The largest absolute Gasteiger partial charge is 0.472 e. The lowest BCUT2D eigenvalue weighted by molar-refractivity contribution is 0.102. The van der Waals surface area contributed by atoms with Crippen LogP contribution in [0.2, 0.25) is 0 Å². The summed E-state index contributed by atoms with van der Waals surface area (Å²) < 4.78 is 9.77. The number of hydrogen-bond donors (Lipinski definition) is 1. The smallest absolute Gasteiger partial charge is 0.410 e. The molecule has 0 radical (unpaired) electrons. The molecule has 21 heavy (non-hydrogen) atoms. The van der Waals surface area contributed by atoms with Crippen LogP contribution < -0.4 is 5.32 Å². The van der Waals surface area contributed by atoms with Crippen LogP contribution >= 0.6 is 0 Å². The molecular formula is C15H14N2O4. The summed E-state index contributed by atoms with van der Waals surface area (Å²) in [7, 11) is 0. The van der Waals surface area contributed by atoms with Gasteiger partial charge in [-0.05, 0) is 23.8 Å². The average molecular weight is 286 g/mol. The van der Waals surface area contributed by atoms with Gasteiger partial charge >= 0.3 is 6.09 Å². The zero-order chi connectivity index (χ0) is 14.7. The number of rotatable bonds is 4. The Morgan fingerprint density at radius 1 is 1.33 bits per heavy atom. The average Bonchev–Trinajstić information content (AvgIpc) is 3.12. The van der Waals surface area contributed by atoms with E-state index in [2.05, 4.69) is 5.32 Å². The summed E-state index contributed by atoms with van der Waals surface area (Å²) in [6, 6.07) is 8.97. The zero-order valence-corrected chi connectivity index (χ0v) is 11.2. The van der Waals surface area contributed by atoms with E-state index < -0.39 is 0 Å².